The van der Waals surface area contributed by atoms with Crippen LogP contribution in [0.2, 0.25) is 5.02 Å². The average molecular weight is 585 g/mol. The number of amides is 1. The molecule has 0 aromatic heterocycles. The van der Waals surface area contributed by atoms with Gasteiger partial charge in [-0.3, -0.25) is 4.79 Å². The van der Waals surface area contributed by atoms with Crippen molar-refractivity contribution in [3.63, 3.8) is 0 Å². The van der Waals surface area contributed by atoms with Crippen LogP contribution < -0.4 is 0 Å². The quantitative estimate of drug-likeness (QED) is 0.305. The molecule has 1 aliphatic carbocycles. The zero-order valence-electron chi connectivity index (χ0n) is 17.7. The van der Waals surface area contributed by atoms with Gasteiger partial charge in [-0.15, -0.1) is 0 Å². The summed E-state index contributed by atoms with van der Waals surface area (Å²) in [6.07, 6.45) is 5.21. The minimum atomic E-state index is -0.168. The van der Waals surface area contributed by atoms with E-state index in [1.54, 1.807) is 17.1 Å². The molecule has 1 amide bonds. The Bertz CT molecular complexity index is 1250. The first kappa shape index (κ1) is 22.6. The van der Waals surface area contributed by atoms with Crippen molar-refractivity contribution in [2.24, 2.45) is 11.0 Å². The van der Waals surface area contributed by atoms with Crippen LogP contribution in [0, 0.1) is 5.92 Å². The fourth-order valence-corrected chi connectivity index (χ4v) is 5.42. The number of rotatable bonds is 3. The van der Waals surface area contributed by atoms with Crippen molar-refractivity contribution in [1.82, 2.24) is 5.01 Å². The van der Waals surface area contributed by atoms with Gasteiger partial charge in [0.25, 0.3) is 5.91 Å². The van der Waals surface area contributed by atoms with E-state index in [1.807, 2.05) is 36.4 Å². The number of carbonyl (C=O) groups excluding carboxylic acids is 1. The number of benzene rings is 3. The monoisotopic (exact) mass is 582 g/mol. The lowest BCUT2D eigenvalue weighted by Gasteiger charge is -2.30. The van der Waals surface area contributed by atoms with Crippen molar-refractivity contribution < 1.29 is 4.79 Å². The lowest BCUT2D eigenvalue weighted by atomic mass is 9.77. The predicted octanol–water partition coefficient (Wildman–Crippen LogP) is 8.30. The zero-order chi connectivity index (χ0) is 22.9. The van der Waals surface area contributed by atoms with E-state index in [-0.39, 0.29) is 17.9 Å². The van der Waals surface area contributed by atoms with Crippen LogP contribution in [-0.2, 0) is 0 Å². The Labute approximate surface area is 215 Å². The molecule has 3 aromatic carbocycles. The molecule has 3 nitrogen and oxygen atoms in total. The van der Waals surface area contributed by atoms with Crippen molar-refractivity contribution in [1.29, 1.82) is 0 Å². The maximum Gasteiger partial charge on any atom is 0.276 e. The summed E-state index contributed by atoms with van der Waals surface area (Å²) < 4.78 is 2.06. The van der Waals surface area contributed by atoms with E-state index < -0.39 is 0 Å². The smallest absolute Gasteiger partial charge is 0.267 e. The van der Waals surface area contributed by atoms with Crippen LogP contribution in [0.25, 0.3) is 6.08 Å². The molecule has 1 heterocycles. The van der Waals surface area contributed by atoms with Gasteiger partial charge < -0.3 is 0 Å². The summed E-state index contributed by atoms with van der Waals surface area (Å²) in [5.74, 6) is -0.0218. The molecule has 0 bridgehead atoms. The lowest BCUT2D eigenvalue weighted by Crippen LogP contribution is -2.32. The zero-order valence-corrected chi connectivity index (χ0v) is 21.6. The second kappa shape index (κ2) is 9.57. The first-order valence-electron chi connectivity index (χ1n) is 10.9. The molecule has 33 heavy (non-hydrogen) atoms. The molecule has 3 aromatic rings. The largest absolute Gasteiger partial charge is 0.276 e. The molecule has 2 atom stereocenters. The van der Waals surface area contributed by atoms with Crippen LogP contribution in [0.3, 0.4) is 0 Å². The Balaban J connectivity index is 1.59. The van der Waals surface area contributed by atoms with Gasteiger partial charge in [0.05, 0.1) is 22.3 Å². The standard InChI is InChI=1S/C27H21Br2ClN2O/c28-20-12-8-17(9-13-20)16-19-4-3-6-23-25(19)31-32(26(23)18-10-14-21(29)15-11-18)27(33)22-5-1-2-7-24(22)30/h1-2,5,7-16,23,26H,3-4,6H2/b19-16+/t23-,26-/m0/s1. The number of allylic oxidation sites excluding steroid dienone is 1. The summed E-state index contributed by atoms with van der Waals surface area (Å²) in [5, 5.41) is 7.06. The van der Waals surface area contributed by atoms with Crippen LogP contribution in [0.4, 0.5) is 0 Å². The van der Waals surface area contributed by atoms with Gasteiger partial charge in [0.2, 0.25) is 0 Å². The molecule has 0 N–H and O–H groups in total. The van der Waals surface area contributed by atoms with Gasteiger partial charge in [0.1, 0.15) is 0 Å². The van der Waals surface area contributed by atoms with E-state index in [9.17, 15) is 4.79 Å². The number of nitrogens with zero attached hydrogens (tertiary/aromatic N) is 2. The van der Waals surface area contributed by atoms with Crippen molar-refractivity contribution in [3.8, 4) is 0 Å². The normalized spacial score (nSPS) is 21.1. The lowest BCUT2D eigenvalue weighted by molar-refractivity contribution is 0.0681. The summed E-state index contributed by atoms with van der Waals surface area (Å²) in [6.45, 7) is 0. The minimum absolute atomic E-state index is 0.146. The molecule has 1 fully saturated rings. The number of hydrogen-bond acceptors (Lipinski definition) is 2. The molecule has 0 radical (unpaired) electrons. The van der Waals surface area contributed by atoms with Gasteiger partial charge in [-0.05, 0) is 78.4 Å². The van der Waals surface area contributed by atoms with E-state index in [0.717, 1.165) is 45.0 Å². The fourth-order valence-electron chi connectivity index (χ4n) is 4.68. The summed E-state index contributed by atoms with van der Waals surface area (Å²) in [4.78, 5) is 13.7. The molecular formula is C27H21Br2ClN2O. The Kier molecular flexibility index (Phi) is 6.55. The SMILES string of the molecule is O=C(c1ccccc1Cl)N1N=C2/C(=C/c3ccc(Br)cc3)CCC[C@@H]2[C@@H]1c1ccc(Br)cc1. The van der Waals surface area contributed by atoms with E-state index in [4.69, 9.17) is 16.7 Å². The maximum atomic E-state index is 13.7. The van der Waals surface area contributed by atoms with Gasteiger partial charge >= 0.3 is 0 Å². The number of fused-ring (bicyclic) bond motifs is 1. The van der Waals surface area contributed by atoms with Crippen molar-refractivity contribution >= 4 is 61.2 Å². The minimum Gasteiger partial charge on any atom is -0.267 e. The second-order valence-electron chi connectivity index (χ2n) is 8.33. The number of carbonyl (C=O) groups is 1. The Morgan fingerprint density at radius 3 is 2.33 bits per heavy atom. The van der Waals surface area contributed by atoms with Crippen LogP contribution >= 0.6 is 43.5 Å². The summed E-state index contributed by atoms with van der Waals surface area (Å²) in [7, 11) is 0. The van der Waals surface area contributed by atoms with Gasteiger partial charge in [0.15, 0.2) is 0 Å². The van der Waals surface area contributed by atoms with E-state index in [2.05, 4.69) is 62.2 Å². The summed E-state index contributed by atoms with van der Waals surface area (Å²) in [5.41, 5.74) is 4.89. The van der Waals surface area contributed by atoms with Gasteiger partial charge in [-0.25, -0.2) is 5.01 Å². The molecule has 0 unspecified atom stereocenters. The summed E-state index contributed by atoms with van der Waals surface area (Å²) in [6, 6.07) is 23.5. The van der Waals surface area contributed by atoms with Crippen molar-refractivity contribution in [3.05, 3.63) is 109 Å². The Morgan fingerprint density at radius 1 is 0.970 bits per heavy atom. The molecule has 0 spiro atoms. The van der Waals surface area contributed by atoms with E-state index >= 15 is 0 Å². The first-order chi connectivity index (χ1) is 16.0. The fraction of sp³-hybridized carbons (Fsp3) is 0.185. The van der Waals surface area contributed by atoms with Crippen LogP contribution in [0.1, 0.15) is 46.8 Å². The molecule has 166 valence electrons. The highest BCUT2D eigenvalue weighted by Gasteiger charge is 2.44. The molecule has 2 aliphatic rings. The third-order valence-electron chi connectivity index (χ3n) is 6.24. The Morgan fingerprint density at radius 2 is 1.64 bits per heavy atom. The van der Waals surface area contributed by atoms with Crippen molar-refractivity contribution in [2.45, 2.75) is 25.3 Å². The number of hydrogen-bond donors (Lipinski definition) is 0. The van der Waals surface area contributed by atoms with Crippen molar-refractivity contribution in [2.75, 3.05) is 0 Å². The average Bonchev–Trinajstić information content (AvgIpc) is 3.22. The summed E-state index contributed by atoms with van der Waals surface area (Å²) >= 11 is 13.4. The van der Waals surface area contributed by atoms with E-state index in [0.29, 0.717) is 10.6 Å². The molecule has 1 saturated carbocycles. The highest BCUT2D eigenvalue weighted by molar-refractivity contribution is 9.10. The topological polar surface area (TPSA) is 32.7 Å². The van der Waals surface area contributed by atoms with Gasteiger partial charge in [-0.2, -0.15) is 5.10 Å². The molecule has 5 rings (SSSR count). The van der Waals surface area contributed by atoms with Crippen LogP contribution in [-0.4, -0.2) is 16.6 Å². The first-order valence-corrected chi connectivity index (χ1v) is 12.9. The third kappa shape index (κ3) is 4.59. The molecule has 1 aliphatic heterocycles. The number of halogens is 3. The molecule has 6 heteroatoms. The third-order valence-corrected chi connectivity index (χ3v) is 7.62. The van der Waals surface area contributed by atoms with Crippen LogP contribution in [0.15, 0.2) is 92.4 Å². The highest BCUT2D eigenvalue weighted by Crippen LogP contribution is 2.45. The molecule has 0 saturated heterocycles. The van der Waals surface area contributed by atoms with Crippen LogP contribution in [0.5, 0.6) is 0 Å². The molecular weight excluding hydrogens is 564 g/mol. The predicted molar refractivity (Wildman–Crippen MR) is 141 cm³/mol. The second-order valence-corrected chi connectivity index (χ2v) is 10.6. The van der Waals surface area contributed by atoms with Gasteiger partial charge in [-0.1, -0.05) is 79.9 Å². The van der Waals surface area contributed by atoms with Gasteiger partial charge in [0, 0.05) is 14.9 Å². The Hall–Kier alpha value is -2.21. The highest BCUT2D eigenvalue weighted by atomic mass is 79.9. The number of hydrazone groups is 1. The maximum absolute atomic E-state index is 13.7. The van der Waals surface area contributed by atoms with E-state index in [1.165, 1.54) is 5.57 Å².